The van der Waals surface area contributed by atoms with E-state index in [0.29, 0.717) is 0 Å². The van der Waals surface area contributed by atoms with Gasteiger partial charge < -0.3 is 10.2 Å². The number of piperidine rings is 2. The third-order valence-electron chi connectivity index (χ3n) is 4.69. The SMILES string of the molecule is OC12C3CCN(C3)C1(O)C2c1ccc(Br)cn1. The predicted molar refractivity (Wildman–Crippen MR) is 64.3 cm³/mol. The zero-order valence-corrected chi connectivity index (χ0v) is 10.8. The number of pyridine rings is 1. The van der Waals surface area contributed by atoms with Crippen LogP contribution in [0.2, 0.25) is 0 Å². The van der Waals surface area contributed by atoms with Gasteiger partial charge in [0.2, 0.25) is 0 Å². The molecule has 0 spiro atoms. The Morgan fingerprint density at radius 2 is 2.24 bits per heavy atom. The van der Waals surface area contributed by atoms with Crippen molar-refractivity contribution in [2.45, 2.75) is 23.7 Å². The van der Waals surface area contributed by atoms with Gasteiger partial charge in [-0.1, -0.05) is 0 Å². The predicted octanol–water partition coefficient (Wildman–Crippen LogP) is 0.697. The van der Waals surface area contributed by atoms with Gasteiger partial charge in [0.05, 0.1) is 11.6 Å². The minimum absolute atomic E-state index is 0.197. The van der Waals surface area contributed by atoms with Crippen molar-refractivity contribution in [3.63, 3.8) is 0 Å². The van der Waals surface area contributed by atoms with E-state index in [9.17, 15) is 10.2 Å². The average molecular weight is 297 g/mol. The largest absolute Gasteiger partial charge is 0.384 e. The Labute approximate surface area is 107 Å². The minimum Gasteiger partial charge on any atom is -0.384 e. The maximum absolute atomic E-state index is 10.7. The fraction of sp³-hybridized carbons (Fsp3) is 0.583. The van der Waals surface area contributed by atoms with Gasteiger partial charge in [0.15, 0.2) is 5.72 Å². The Morgan fingerprint density at radius 3 is 2.82 bits per heavy atom. The summed E-state index contributed by atoms with van der Waals surface area (Å²) in [7, 11) is 0. The highest BCUT2D eigenvalue weighted by atomic mass is 79.9. The Hall–Kier alpha value is -0.490. The number of hydrogen-bond acceptors (Lipinski definition) is 4. The van der Waals surface area contributed by atoms with Crippen molar-refractivity contribution in [3.05, 3.63) is 28.5 Å². The first kappa shape index (κ1) is 10.4. The zero-order valence-electron chi connectivity index (χ0n) is 9.17. The van der Waals surface area contributed by atoms with Crippen LogP contribution in [0, 0.1) is 5.92 Å². The summed E-state index contributed by atoms with van der Waals surface area (Å²) in [5, 5.41) is 21.3. The van der Waals surface area contributed by atoms with Crippen molar-refractivity contribution < 1.29 is 10.2 Å². The molecule has 1 saturated carbocycles. The van der Waals surface area contributed by atoms with E-state index in [1.54, 1.807) is 6.20 Å². The molecule has 3 aliphatic rings. The molecule has 2 saturated heterocycles. The summed E-state index contributed by atoms with van der Waals surface area (Å²) in [6.07, 6.45) is 2.69. The monoisotopic (exact) mass is 296 g/mol. The standard InChI is InChI=1S/C12H13BrN2O2/c13-8-1-2-9(14-5-8)10-11(16)7-3-4-15(6-7)12(10,11)17/h1-2,5,7,10,16-17H,3-4,6H2. The van der Waals surface area contributed by atoms with Crippen molar-refractivity contribution in [3.8, 4) is 0 Å². The van der Waals surface area contributed by atoms with Crippen LogP contribution in [0.15, 0.2) is 22.8 Å². The van der Waals surface area contributed by atoms with Crippen molar-refractivity contribution in [2.24, 2.45) is 5.92 Å². The lowest BCUT2D eigenvalue weighted by Gasteiger charge is -2.22. The smallest absolute Gasteiger partial charge is 0.159 e. The molecule has 90 valence electrons. The highest BCUT2D eigenvalue weighted by molar-refractivity contribution is 9.10. The maximum Gasteiger partial charge on any atom is 0.159 e. The third kappa shape index (κ3) is 0.989. The summed E-state index contributed by atoms with van der Waals surface area (Å²) in [5.41, 5.74) is -1.24. The molecule has 2 aliphatic heterocycles. The molecule has 0 radical (unpaired) electrons. The van der Waals surface area contributed by atoms with E-state index >= 15 is 0 Å². The zero-order chi connectivity index (χ0) is 11.8. The molecule has 5 heteroatoms. The van der Waals surface area contributed by atoms with Crippen molar-refractivity contribution >= 4 is 15.9 Å². The normalized spacial score (nSPS) is 50.4. The fourth-order valence-corrected chi connectivity index (χ4v) is 4.08. The molecule has 0 amide bonds. The van der Waals surface area contributed by atoms with Crippen LogP contribution in [0.4, 0.5) is 0 Å². The lowest BCUT2D eigenvalue weighted by atomic mass is 9.96. The van der Waals surface area contributed by atoms with E-state index in [0.717, 1.165) is 29.7 Å². The number of aromatic nitrogens is 1. The van der Waals surface area contributed by atoms with Crippen LogP contribution >= 0.6 is 15.9 Å². The molecule has 2 N–H and O–H groups in total. The molecule has 0 aromatic carbocycles. The third-order valence-corrected chi connectivity index (χ3v) is 5.16. The molecule has 17 heavy (non-hydrogen) atoms. The topological polar surface area (TPSA) is 56.6 Å². The summed E-state index contributed by atoms with van der Waals surface area (Å²) in [5.74, 6) is -0.0488. The van der Waals surface area contributed by atoms with Crippen LogP contribution in [0.3, 0.4) is 0 Å². The first-order valence-electron chi connectivity index (χ1n) is 5.89. The van der Waals surface area contributed by atoms with Crippen LogP contribution in [0.1, 0.15) is 18.0 Å². The molecule has 1 aliphatic carbocycles. The fourth-order valence-electron chi connectivity index (χ4n) is 3.84. The van der Waals surface area contributed by atoms with Crippen molar-refractivity contribution in [2.75, 3.05) is 13.1 Å². The number of nitrogens with zero attached hydrogens (tertiary/aromatic N) is 2. The van der Waals surface area contributed by atoms with Crippen LogP contribution < -0.4 is 0 Å². The Kier molecular flexibility index (Phi) is 1.78. The molecular formula is C12H13BrN2O2. The molecule has 5 atom stereocenters. The first-order valence-corrected chi connectivity index (χ1v) is 6.69. The number of halogens is 1. The van der Waals surface area contributed by atoms with Gasteiger partial charge in [-0.25, -0.2) is 0 Å². The number of hydrogen-bond donors (Lipinski definition) is 2. The number of rotatable bonds is 1. The van der Waals surface area contributed by atoms with Crippen LogP contribution in [0.5, 0.6) is 0 Å². The second kappa shape index (κ2) is 2.91. The van der Waals surface area contributed by atoms with Gasteiger partial charge in [-0.2, -0.15) is 0 Å². The molecular weight excluding hydrogens is 284 g/mol. The molecule has 4 nitrogen and oxygen atoms in total. The van der Waals surface area contributed by atoms with Gasteiger partial charge in [0, 0.05) is 29.7 Å². The van der Waals surface area contributed by atoms with E-state index in [1.807, 2.05) is 17.0 Å². The van der Waals surface area contributed by atoms with Crippen LogP contribution in [-0.4, -0.2) is 44.5 Å². The average Bonchev–Trinajstić information content (AvgIpc) is 2.69. The number of fused-ring (bicyclic) bond motifs is 5. The summed E-state index contributed by atoms with van der Waals surface area (Å²) < 4.78 is 0.911. The van der Waals surface area contributed by atoms with Gasteiger partial charge >= 0.3 is 0 Å². The van der Waals surface area contributed by atoms with Gasteiger partial charge in [-0.3, -0.25) is 9.88 Å². The minimum atomic E-state index is -1.06. The van der Waals surface area contributed by atoms with Gasteiger partial charge in [-0.15, -0.1) is 0 Å². The molecule has 2 bridgehead atoms. The van der Waals surface area contributed by atoms with Gasteiger partial charge in [0.1, 0.15) is 5.60 Å². The first-order chi connectivity index (χ1) is 8.08. The second-order valence-corrected chi connectivity index (χ2v) is 6.23. The van der Waals surface area contributed by atoms with Crippen molar-refractivity contribution in [1.82, 2.24) is 9.88 Å². The van der Waals surface area contributed by atoms with E-state index in [2.05, 4.69) is 20.9 Å². The maximum atomic E-state index is 10.7. The van der Waals surface area contributed by atoms with Crippen LogP contribution in [0.25, 0.3) is 0 Å². The lowest BCUT2D eigenvalue weighted by Crippen LogP contribution is -2.39. The Balaban J connectivity index is 1.77. The number of aliphatic hydroxyl groups is 2. The lowest BCUT2D eigenvalue weighted by molar-refractivity contribution is -0.0637. The Morgan fingerprint density at radius 1 is 1.41 bits per heavy atom. The molecule has 5 unspecified atom stereocenters. The second-order valence-electron chi connectivity index (χ2n) is 5.32. The quantitative estimate of drug-likeness (QED) is 0.801. The highest BCUT2D eigenvalue weighted by Crippen LogP contribution is 2.72. The van der Waals surface area contributed by atoms with E-state index in [-0.39, 0.29) is 11.8 Å². The summed E-state index contributed by atoms with van der Waals surface area (Å²) in [4.78, 5) is 6.32. The summed E-state index contributed by atoms with van der Waals surface area (Å²) in [6, 6.07) is 3.78. The summed E-state index contributed by atoms with van der Waals surface area (Å²) >= 11 is 3.34. The molecule has 1 aromatic heterocycles. The molecule has 4 rings (SSSR count). The van der Waals surface area contributed by atoms with Gasteiger partial charge in [-0.05, 0) is 34.5 Å². The molecule has 3 fully saturated rings. The van der Waals surface area contributed by atoms with Gasteiger partial charge in [0.25, 0.3) is 0 Å². The van der Waals surface area contributed by atoms with E-state index in [4.69, 9.17) is 0 Å². The van der Waals surface area contributed by atoms with Crippen molar-refractivity contribution in [1.29, 1.82) is 0 Å². The summed E-state index contributed by atoms with van der Waals surface area (Å²) in [6.45, 7) is 1.70. The van der Waals surface area contributed by atoms with E-state index < -0.39 is 11.3 Å². The van der Waals surface area contributed by atoms with E-state index in [1.165, 1.54) is 0 Å². The Bertz CT molecular complexity index is 472. The highest BCUT2D eigenvalue weighted by Gasteiger charge is 2.87. The van der Waals surface area contributed by atoms with Crippen LogP contribution in [-0.2, 0) is 0 Å². The molecule has 3 heterocycles. The molecule has 1 aromatic rings.